The zero-order valence-electron chi connectivity index (χ0n) is 25.4. The average molecular weight is 607 g/mol. The summed E-state index contributed by atoms with van der Waals surface area (Å²) in [6, 6.07) is 15.7. The molecule has 3 rings (SSSR count). The van der Waals surface area contributed by atoms with Gasteiger partial charge in [-0.05, 0) is 36.8 Å². The highest BCUT2D eigenvalue weighted by atomic mass is 16.5. The SMILES string of the molecule is CCOC(=O)/C=C/[C@H](C[C@@H]1CCNC1=O)NC(=O)[C@H](Cc1ccccc1)NC(=O)[C@@H](NC(=O)OCc1ccccc1)C(C)C. The molecule has 4 amide bonds. The van der Waals surface area contributed by atoms with E-state index in [9.17, 15) is 24.0 Å². The molecule has 0 radical (unpaired) electrons. The fraction of sp³-hybridized carbons (Fsp3) is 0.424. The van der Waals surface area contributed by atoms with Crippen LogP contribution in [-0.2, 0) is 41.7 Å². The first kappa shape index (κ1) is 33.8. The number of benzene rings is 2. The first-order chi connectivity index (χ1) is 21.2. The summed E-state index contributed by atoms with van der Waals surface area (Å²) in [5.74, 6) is -2.41. The van der Waals surface area contributed by atoms with Crippen LogP contribution in [-0.4, -0.2) is 61.1 Å². The van der Waals surface area contributed by atoms with Crippen LogP contribution in [0.15, 0.2) is 72.8 Å². The van der Waals surface area contributed by atoms with E-state index in [1.54, 1.807) is 20.8 Å². The summed E-state index contributed by atoms with van der Waals surface area (Å²) in [5.41, 5.74) is 1.60. The quantitative estimate of drug-likeness (QED) is 0.180. The summed E-state index contributed by atoms with van der Waals surface area (Å²) < 4.78 is 10.3. The van der Waals surface area contributed by atoms with Gasteiger partial charge in [-0.25, -0.2) is 9.59 Å². The Hall–Kier alpha value is -4.67. The van der Waals surface area contributed by atoms with Gasteiger partial charge in [0.05, 0.1) is 6.61 Å². The molecule has 0 spiro atoms. The number of hydrogen-bond donors (Lipinski definition) is 4. The maximum atomic E-state index is 13.7. The number of esters is 1. The summed E-state index contributed by atoms with van der Waals surface area (Å²) in [5, 5.41) is 11.1. The molecule has 1 heterocycles. The maximum absolute atomic E-state index is 13.7. The smallest absolute Gasteiger partial charge is 0.408 e. The maximum Gasteiger partial charge on any atom is 0.408 e. The van der Waals surface area contributed by atoms with Crippen LogP contribution in [0.3, 0.4) is 0 Å². The van der Waals surface area contributed by atoms with E-state index in [4.69, 9.17) is 9.47 Å². The van der Waals surface area contributed by atoms with Crippen molar-refractivity contribution in [2.45, 2.75) is 64.8 Å². The third-order valence-electron chi connectivity index (χ3n) is 7.13. The van der Waals surface area contributed by atoms with Gasteiger partial charge in [0.2, 0.25) is 17.7 Å². The molecule has 44 heavy (non-hydrogen) atoms. The van der Waals surface area contributed by atoms with Crippen LogP contribution in [0.1, 0.15) is 44.7 Å². The van der Waals surface area contributed by atoms with Gasteiger partial charge in [0.15, 0.2) is 0 Å². The Labute approximate surface area is 258 Å². The molecule has 0 unspecified atom stereocenters. The first-order valence-corrected chi connectivity index (χ1v) is 14.9. The van der Waals surface area contributed by atoms with E-state index in [1.807, 2.05) is 60.7 Å². The third kappa shape index (κ3) is 11.2. The number of carbonyl (C=O) groups excluding carboxylic acids is 5. The number of alkyl carbamates (subject to hydrolysis) is 1. The van der Waals surface area contributed by atoms with Crippen molar-refractivity contribution < 1.29 is 33.4 Å². The molecule has 4 atom stereocenters. The molecule has 11 nitrogen and oxygen atoms in total. The predicted molar refractivity (Wildman–Crippen MR) is 164 cm³/mol. The van der Waals surface area contributed by atoms with Crippen molar-refractivity contribution in [3.63, 3.8) is 0 Å². The topological polar surface area (TPSA) is 152 Å². The van der Waals surface area contributed by atoms with Gasteiger partial charge in [-0.2, -0.15) is 0 Å². The van der Waals surface area contributed by atoms with Crippen molar-refractivity contribution in [1.29, 1.82) is 0 Å². The van der Waals surface area contributed by atoms with Crippen molar-refractivity contribution >= 4 is 29.8 Å². The van der Waals surface area contributed by atoms with E-state index in [-0.39, 0.29) is 43.8 Å². The monoisotopic (exact) mass is 606 g/mol. The zero-order valence-corrected chi connectivity index (χ0v) is 25.4. The standard InChI is InChI=1S/C33H42N4O7/c1-4-43-28(38)16-15-26(20-25-17-18-34-30(25)39)35-31(40)27(19-23-11-7-5-8-12-23)36-32(41)29(22(2)3)37-33(42)44-21-24-13-9-6-10-14-24/h5-16,22,25-27,29H,4,17-21H2,1-3H3,(H,34,39)(H,35,40)(H,36,41)(H,37,42)/b16-15+/t25-,26+,27-,29-/m0/s1. The van der Waals surface area contributed by atoms with Gasteiger partial charge in [0.25, 0.3) is 0 Å². The number of ether oxygens (including phenoxy) is 2. The van der Waals surface area contributed by atoms with E-state index in [0.717, 1.165) is 11.1 Å². The summed E-state index contributed by atoms with van der Waals surface area (Å²) in [4.78, 5) is 64.1. The average Bonchev–Trinajstić information content (AvgIpc) is 3.41. The first-order valence-electron chi connectivity index (χ1n) is 14.9. The Kier molecular flexibility index (Phi) is 13.4. The number of hydrogen-bond acceptors (Lipinski definition) is 7. The molecular formula is C33H42N4O7. The van der Waals surface area contributed by atoms with Gasteiger partial charge in [-0.1, -0.05) is 80.6 Å². The lowest BCUT2D eigenvalue weighted by atomic mass is 9.97. The highest BCUT2D eigenvalue weighted by Crippen LogP contribution is 2.17. The molecule has 0 aromatic heterocycles. The lowest BCUT2D eigenvalue weighted by Gasteiger charge is -2.26. The van der Waals surface area contributed by atoms with Crippen LogP contribution >= 0.6 is 0 Å². The van der Waals surface area contributed by atoms with Crippen LogP contribution in [0, 0.1) is 11.8 Å². The molecular weight excluding hydrogens is 564 g/mol. The van der Waals surface area contributed by atoms with Gasteiger partial charge >= 0.3 is 12.1 Å². The van der Waals surface area contributed by atoms with Crippen molar-refractivity contribution in [2.24, 2.45) is 11.8 Å². The van der Waals surface area contributed by atoms with Crippen LogP contribution in [0.2, 0.25) is 0 Å². The van der Waals surface area contributed by atoms with E-state index in [1.165, 1.54) is 12.2 Å². The summed E-state index contributed by atoms with van der Waals surface area (Å²) in [6.45, 7) is 6.01. The normalized spacial score (nSPS) is 16.5. The van der Waals surface area contributed by atoms with E-state index >= 15 is 0 Å². The summed E-state index contributed by atoms with van der Waals surface area (Å²) in [7, 11) is 0. The second kappa shape index (κ2) is 17.4. The third-order valence-corrected chi connectivity index (χ3v) is 7.13. The molecule has 1 saturated heterocycles. The molecule has 236 valence electrons. The molecule has 1 fully saturated rings. The molecule has 11 heteroatoms. The molecule has 0 bridgehead atoms. The molecule has 1 aliphatic rings. The van der Waals surface area contributed by atoms with Crippen LogP contribution in [0.4, 0.5) is 4.79 Å². The van der Waals surface area contributed by atoms with Crippen molar-refractivity contribution in [3.8, 4) is 0 Å². The Morgan fingerprint density at radius 1 is 0.909 bits per heavy atom. The molecule has 1 aliphatic heterocycles. The second-order valence-electron chi connectivity index (χ2n) is 10.9. The lowest BCUT2D eigenvalue weighted by molar-refractivity contribution is -0.137. The van der Waals surface area contributed by atoms with E-state index in [0.29, 0.717) is 13.0 Å². The summed E-state index contributed by atoms with van der Waals surface area (Å²) in [6.07, 6.45) is 3.01. The molecule has 0 saturated carbocycles. The minimum absolute atomic E-state index is 0.0396. The van der Waals surface area contributed by atoms with Gasteiger partial charge < -0.3 is 30.7 Å². The highest BCUT2D eigenvalue weighted by Gasteiger charge is 2.32. The largest absolute Gasteiger partial charge is 0.463 e. The minimum atomic E-state index is -1.02. The van der Waals surface area contributed by atoms with Crippen molar-refractivity contribution in [2.75, 3.05) is 13.2 Å². The molecule has 2 aromatic carbocycles. The van der Waals surface area contributed by atoms with Gasteiger partial charge in [-0.3, -0.25) is 14.4 Å². The lowest BCUT2D eigenvalue weighted by Crippen LogP contribution is -2.57. The van der Waals surface area contributed by atoms with Gasteiger partial charge in [-0.15, -0.1) is 0 Å². The summed E-state index contributed by atoms with van der Waals surface area (Å²) >= 11 is 0. The van der Waals surface area contributed by atoms with Gasteiger partial charge in [0, 0.05) is 31.0 Å². The molecule has 0 aliphatic carbocycles. The van der Waals surface area contributed by atoms with Crippen LogP contribution in [0.25, 0.3) is 0 Å². The van der Waals surface area contributed by atoms with Gasteiger partial charge in [0.1, 0.15) is 18.7 Å². The number of carbonyl (C=O) groups is 5. The van der Waals surface area contributed by atoms with E-state index < -0.39 is 42.0 Å². The Morgan fingerprint density at radius 2 is 1.57 bits per heavy atom. The Morgan fingerprint density at radius 3 is 2.16 bits per heavy atom. The Bertz CT molecular complexity index is 1280. The van der Waals surface area contributed by atoms with Crippen LogP contribution in [0.5, 0.6) is 0 Å². The Balaban J connectivity index is 1.75. The molecule has 2 aromatic rings. The predicted octanol–water partition coefficient (Wildman–Crippen LogP) is 2.80. The highest BCUT2D eigenvalue weighted by molar-refractivity contribution is 5.92. The number of rotatable bonds is 15. The fourth-order valence-corrected chi connectivity index (χ4v) is 4.78. The van der Waals surface area contributed by atoms with Crippen molar-refractivity contribution in [1.82, 2.24) is 21.3 Å². The van der Waals surface area contributed by atoms with Crippen LogP contribution < -0.4 is 21.3 Å². The van der Waals surface area contributed by atoms with E-state index in [2.05, 4.69) is 21.3 Å². The zero-order chi connectivity index (χ0) is 31.9. The minimum Gasteiger partial charge on any atom is -0.463 e. The molecule has 4 N–H and O–H groups in total. The number of amides is 4. The van der Waals surface area contributed by atoms with Crippen molar-refractivity contribution in [3.05, 3.63) is 83.9 Å². The fourth-order valence-electron chi connectivity index (χ4n) is 4.78. The number of nitrogens with one attached hydrogen (secondary N) is 4. The second-order valence-corrected chi connectivity index (χ2v) is 10.9.